The number of imide groups is 2. The molecule has 494 valence electrons. The summed E-state index contributed by atoms with van der Waals surface area (Å²) in [4.78, 5) is 77.2. The summed E-state index contributed by atoms with van der Waals surface area (Å²) in [5, 5.41) is 5.96. The van der Waals surface area contributed by atoms with Crippen LogP contribution >= 0.6 is 23.4 Å². The zero-order chi connectivity index (χ0) is 65.2. The average molecular weight is 1360 g/mol. The number of hydrogen-bond donors (Lipinski definition) is 3. The number of likely N-dealkylation sites (tertiary alicyclic amines) is 1. The van der Waals surface area contributed by atoms with Gasteiger partial charge in [0, 0.05) is 118 Å². The molecule has 0 radical (unpaired) electrons. The maximum absolute atomic E-state index is 14.4. The molecule has 6 aliphatic heterocycles. The van der Waals surface area contributed by atoms with Gasteiger partial charge in [-0.3, -0.25) is 44.0 Å². The molecule has 0 saturated carbocycles. The molecule has 0 aromatic heterocycles. The molecule has 1 spiro atoms. The molecular weight excluding hydrogens is 1280 g/mol. The number of nitrogens with zero attached hydrogens (tertiary/aromatic N) is 6. The SMILES string of the molecule is O=C1CCC(N2C(=O)c3cccc(N4CCC(CN5CCC6(CCC(c7ccc(Cl)cc7)=C(CN7CCN(c8ccc(C(=O)NS(=O)(=O)c9ccc(N[C@H](CCN%10CCOCC%10)CSc%10ccccc%10)c(S(=O)(=O)C(F)(F)F)c9)cc8)CC7)C6)C5)CC4)c3C2=O)C(=O)N1. The van der Waals surface area contributed by atoms with E-state index in [1.165, 1.54) is 40.6 Å². The van der Waals surface area contributed by atoms with Crippen LogP contribution in [0.25, 0.3) is 5.57 Å². The molecule has 12 rings (SSSR count). The third kappa shape index (κ3) is 14.8. The minimum absolute atomic E-state index is 0.0304. The lowest BCUT2D eigenvalue weighted by atomic mass is 9.69. The number of nitrogens with one attached hydrogen (secondary N) is 3. The van der Waals surface area contributed by atoms with Crippen LogP contribution in [0.1, 0.15) is 94.4 Å². The van der Waals surface area contributed by atoms with Crippen molar-refractivity contribution in [2.45, 2.75) is 90.1 Å². The van der Waals surface area contributed by atoms with Crippen molar-refractivity contribution in [3.05, 3.63) is 148 Å². The van der Waals surface area contributed by atoms with Crippen molar-refractivity contribution in [1.82, 2.24) is 29.6 Å². The zero-order valence-corrected chi connectivity index (χ0v) is 54.6. The molecule has 5 aromatic rings. The van der Waals surface area contributed by atoms with Gasteiger partial charge < -0.3 is 24.8 Å². The van der Waals surface area contributed by atoms with Crippen LogP contribution < -0.4 is 25.2 Å². The lowest BCUT2D eigenvalue weighted by Gasteiger charge is -2.41. The molecule has 5 aromatic carbocycles. The largest absolute Gasteiger partial charge is 0.501 e. The molecule has 3 N–H and O–H groups in total. The monoisotopic (exact) mass is 1350 g/mol. The number of thioether (sulfide) groups is 1. The van der Waals surface area contributed by atoms with Crippen LogP contribution in [0.15, 0.2) is 136 Å². The second-order valence-corrected chi connectivity index (χ2v) is 30.5. The van der Waals surface area contributed by atoms with Crippen molar-refractivity contribution in [1.29, 1.82) is 0 Å². The second-order valence-electron chi connectivity index (χ2n) is 25.4. The van der Waals surface area contributed by atoms with Crippen molar-refractivity contribution in [3.63, 3.8) is 0 Å². The zero-order valence-electron chi connectivity index (χ0n) is 51.4. The van der Waals surface area contributed by atoms with Gasteiger partial charge in [-0.05, 0) is 159 Å². The molecule has 3 atom stereocenters. The lowest BCUT2D eigenvalue weighted by Crippen LogP contribution is -2.54. The van der Waals surface area contributed by atoms with Gasteiger partial charge in [0.1, 0.15) is 10.9 Å². The van der Waals surface area contributed by atoms with Gasteiger partial charge >= 0.3 is 5.51 Å². The van der Waals surface area contributed by atoms with Gasteiger partial charge in [0.15, 0.2) is 0 Å². The summed E-state index contributed by atoms with van der Waals surface area (Å²) < 4.78 is 105. The number of halogens is 4. The fraction of sp³-hybridized carbons (Fsp3) is 0.448. The van der Waals surface area contributed by atoms with Gasteiger partial charge in [0.05, 0.1) is 40.6 Å². The Kier molecular flexibility index (Phi) is 19.8. The molecule has 19 nitrogen and oxygen atoms in total. The molecule has 5 amide bonds. The van der Waals surface area contributed by atoms with Crippen molar-refractivity contribution >= 4 is 95.4 Å². The standard InChI is InChI=1S/C67H75ClF3N9O10S3/c68-49-13-9-46(10-14-49)54-21-25-66(26-30-77(44-66)41-45-22-28-79(29-23-45)57-8-4-7-55-61(57)65(85)80(64(55)84)58-19-20-60(81)73-63(58)83)40-48(54)42-76-31-33-78(34-32-76)51-15-11-47(12-16-51)62(82)74-93(88,89)53-17-18-56(59(39-53)92(86,87)67(69,70)71)72-50(24-27-75-35-37-90-38-36-75)43-91-52-5-2-1-3-6-52/h1-18,39,45,50,58,72H,19-38,40-44H2,(H,74,82)(H,73,81,83)/t50-,58?,66?/m1/s1. The smallest absolute Gasteiger partial charge is 0.380 e. The van der Waals surface area contributed by atoms with Crippen LogP contribution in [-0.2, 0) is 34.2 Å². The highest BCUT2D eigenvalue weighted by Crippen LogP contribution is 2.49. The van der Waals surface area contributed by atoms with Gasteiger partial charge in [-0.1, -0.05) is 53.6 Å². The van der Waals surface area contributed by atoms with Gasteiger partial charge in [-0.2, -0.15) is 13.2 Å². The Balaban J connectivity index is 0.656. The molecule has 6 heterocycles. The number of hydrogen-bond acceptors (Lipinski definition) is 17. The van der Waals surface area contributed by atoms with E-state index in [9.17, 15) is 54.0 Å². The summed E-state index contributed by atoms with van der Waals surface area (Å²) in [7, 11) is -11.0. The molecule has 26 heteroatoms. The number of benzene rings is 5. The van der Waals surface area contributed by atoms with Gasteiger partial charge in [-0.15, -0.1) is 11.8 Å². The Morgan fingerprint density at radius 3 is 2.19 bits per heavy atom. The van der Waals surface area contributed by atoms with Gasteiger partial charge in [0.2, 0.25) is 11.8 Å². The first-order chi connectivity index (χ1) is 44.6. The lowest BCUT2D eigenvalue weighted by molar-refractivity contribution is -0.136. The fourth-order valence-electron chi connectivity index (χ4n) is 14.3. The summed E-state index contributed by atoms with van der Waals surface area (Å²) in [6, 6.07) is 30.0. The second kappa shape index (κ2) is 27.9. The highest BCUT2D eigenvalue weighted by atomic mass is 35.5. The Labute approximate surface area is 549 Å². The van der Waals surface area contributed by atoms with E-state index in [1.54, 1.807) is 24.3 Å². The third-order valence-corrected chi connectivity index (χ3v) is 23.6. The number of amides is 5. The summed E-state index contributed by atoms with van der Waals surface area (Å²) in [6.07, 6.45) is 6.52. The predicted molar refractivity (Wildman–Crippen MR) is 350 cm³/mol. The fourth-order valence-corrected chi connectivity index (χ4v) is 17.4. The first-order valence-corrected chi connectivity index (χ1v) is 36.1. The Morgan fingerprint density at radius 1 is 0.753 bits per heavy atom. The number of alkyl halides is 3. The third-order valence-electron chi connectivity index (χ3n) is 19.4. The van der Waals surface area contributed by atoms with Crippen LogP contribution in [0.3, 0.4) is 0 Å². The van der Waals surface area contributed by atoms with E-state index in [1.807, 2.05) is 53.3 Å². The number of carbonyl (C=O) groups is 5. The van der Waals surface area contributed by atoms with Crippen LogP contribution in [-0.4, -0.2) is 188 Å². The molecule has 2 unspecified atom stereocenters. The maximum atomic E-state index is 14.4. The number of allylic oxidation sites excluding steroid dienone is 1. The van der Waals surface area contributed by atoms with Crippen LogP contribution in [0.5, 0.6) is 0 Å². The van der Waals surface area contributed by atoms with E-state index in [0.29, 0.717) is 86.4 Å². The molecule has 1 aliphatic carbocycles. The Bertz CT molecular complexity index is 3900. The van der Waals surface area contributed by atoms with E-state index < -0.39 is 82.5 Å². The first kappa shape index (κ1) is 66.2. The van der Waals surface area contributed by atoms with E-state index in [4.69, 9.17) is 16.3 Å². The number of sulfone groups is 1. The van der Waals surface area contributed by atoms with Crippen molar-refractivity contribution in [3.8, 4) is 0 Å². The average Bonchev–Trinajstić information content (AvgIpc) is 1.63. The van der Waals surface area contributed by atoms with Crippen LogP contribution in [0.2, 0.25) is 5.02 Å². The number of fused-ring (bicyclic) bond motifs is 1. The number of morpholine rings is 1. The molecule has 5 saturated heterocycles. The topological polar surface area (TPSA) is 218 Å². The van der Waals surface area contributed by atoms with Crippen LogP contribution in [0, 0.1) is 11.3 Å². The highest BCUT2D eigenvalue weighted by molar-refractivity contribution is 7.99. The van der Waals surface area contributed by atoms with Crippen molar-refractivity contribution < 1.29 is 58.7 Å². The summed E-state index contributed by atoms with van der Waals surface area (Å²) in [5.74, 6) is -2.30. The molecule has 5 fully saturated rings. The minimum atomic E-state index is -6.10. The highest BCUT2D eigenvalue weighted by Gasteiger charge is 2.50. The number of carbonyl (C=O) groups excluding carboxylic acids is 5. The van der Waals surface area contributed by atoms with E-state index in [2.05, 4.69) is 47.3 Å². The quantitative estimate of drug-likeness (QED) is 0.0490. The van der Waals surface area contributed by atoms with Crippen LogP contribution in [0.4, 0.5) is 30.2 Å². The summed E-state index contributed by atoms with van der Waals surface area (Å²) in [6.45, 7) is 11.0. The van der Waals surface area contributed by atoms with E-state index >= 15 is 0 Å². The number of sulfonamides is 1. The number of piperazine rings is 1. The normalized spacial score (nSPS) is 22.0. The minimum Gasteiger partial charge on any atom is -0.380 e. The predicted octanol–water partition coefficient (Wildman–Crippen LogP) is 8.82. The van der Waals surface area contributed by atoms with Gasteiger partial charge in [0.25, 0.3) is 37.6 Å². The Morgan fingerprint density at radius 2 is 1.48 bits per heavy atom. The van der Waals surface area contributed by atoms with Gasteiger partial charge in [-0.25, -0.2) is 21.6 Å². The summed E-state index contributed by atoms with van der Waals surface area (Å²) in [5.41, 5.74) is 0.00628. The first-order valence-electron chi connectivity index (χ1n) is 31.7. The number of piperidine rings is 2. The molecular formula is C67H75ClF3N9O10S3. The molecule has 0 bridgehead atoms. The van der Waals surface area contributed by atoms with Crippen molar-refractivity contribution in [2.24, 2.45) is 11.3 Å². The number of anilines is 3. The van der Waals surface area contributed by atoms with Crippen molar-refractivity contribution in [2.75, 3.05) is 119 Å². The number of ether oxygens (including phenoxy) is 1. The Hall–Kier alpha value is -6.84. The molecule has 7 aliphatic rings. The maximum Gasteiger partial charge on any atom is 0.501 e. The summed E-state index contributed by atoms with van der Waals surface area (Å²) >= 11 is 7.83. The molecule has 93 heavy (non-hydrogen) atoms. The van der Waals surface area contributed by atoms with E-state index in [0.717, 1.165) is 118 Å². The number of rotatable bonds is 20. The van der Waals surface area contributed by atoms with E-state index in [-0.39, 0.29) is 29.4 Å².